The Hall–Kier alpha value is -2.90. The van der Waals surface area contributed by atoms with Crippen LogP contribution in [-0.2, 0) is 0 Å². The molecule has 4 amide bonds. The second-order valence-electron chi connectivity index (χ2n) is 4.68. The van der Waals surface area contributed by atoms with E-state index in [9.17, 15) is 9.59 Å². The third kappa shape index (κ3) is 4.05. The molecule has 0 saturated heterocycles. The highest BCUT2D eigenvalue weighted by Gasteiger charge is 2.20. The number of hydrazine groups is 1. The maximum atomic E-state index is 11.8. The van der Waals surface area contributed by atoms with Crippen LogP contribution in [0.3, 0.4) is 0 Å². The Kier molecular flexibility index (Phi) is 5.07. The molecule has 0 atom stereocenters. The molecule has 0 fully saturated rings. The molecule has 1 heterocycles. The number of nitrogens with zero attached hydrogens (tertiary/aromatic N) is 3. The highest BCUT2D eigenvalue weighted by Crippen LogP contribution is 2.03. The number of carbonyl (C=O) groups is 2. The summed E-state index contributed by atoms with van der Waals surface area (Å²) in [7, 11) is 0. The molecule has 1 aromatic rings. The highest BCUT2D eigenvalue weighted by molar-refractivity contribution is 6.00. The quantitative estimate of drug-likeness (QED) is 0.579. The van der Waals surface area contributed by atoms with Crippen molar-refractivity contribution >= 4 is 23.5 Å². The lowest BCUT2D eigenvalue weighted by molar-refractivity contribution is 0.173. The Labute approximate surface area is 128 Å². The average molecular weight is 302 g/mol. The van der Waals surface area contributed by atoms with Crippen molar-refractivity contribution in [3.8, 4) is 0 Å². The molecule has 0 bridgehead atoms. The molecule has 0 radical (unpaired) electrons. The van der Waals surface area contributed by atoms with Crippen molar-refractivity contribution < 1.29 is 9.59 Å². The van der Waals surface area contributed by atoms with Crippen LogP contribution >= 0.6 is 0 Å². The van der Waals surface area contributed by atoms with Crippen LogP contribution in [0.5, 0.6) is 0 Å². The third-order valence-corrected chi connectivity index (χ3v) is 2.95. The number of hydrazone groups is 2. The van der Waals surface area contributed by atoms with Gasteiger partial charge in [0.2, 0.25) is 0 Å². The minimum absolute atomic E-state index is 0.224. The second kappa shape index (κ2) is 7.21. The number of urea groups is 2. The van der Waals surface area contributed by atoms with E-state index in [0.717, 1.165) is 16.3 Å². The first kappa shape index (κ1) is 15.5. The standard InChI is InChI=1S/C14H18N6O2/c1-3-12(11-7-5-4-6-8-11)16-17-13(21)19-20-9-10(2)15-18-14(20)22/h4-8H,3,9H2,1-2H3,(H,18,22)(H2,17,19,21)/b16-12+. The van der Waals surface area contributed by atoms with Crippen molar-refractivity contribution in [3.05, 3.63) is 35.9 Å². The summed E-state index contributed by atoms with van der Waals surface area (Å²) in [5.41, 5.74) is 9.45. The van der Waals surface area contributed by atoms with E-state index in [2.05, 4.69) is 26.5 Å². The van der Waals surface area contributed by atoms with Gasteiger partial charge in [0.1, 0.15) is 0 Å². The fourth-order valence-electron chi connectivity index (χ4n) is 1.87. The zero-order chi connectivity index (χ0) is 15.9. The molecule has 0 saturated carbocycles. The average Bonchev–Trinajstić information content (AvgIpc) is 2.52. The van der Waals surface area contributed by atoms with Crippen LogP contribution < -0.4 is 16.3 Å². The van der Waals surface area contributed by atoms with Gasteiger partial charge in [0.25, 0.3) is 0 Å². The van der Waals surface area contributed by atoms with Crippen molar-refractivity contribution in [3.63, 3.8) is 0 Å². The van der Waals surface area contributed by atoms with Gasteiger partial charge in [0.15, 0.2) is 0 Å². The van der Waals surface area contributed by atoms with Gasteiger partial charge >= 0.3 is 12.1 Å². The first-order valence-corrected chi connectivity index (χ1v) is 6.89. The van der Waals surface area contributed by atoms with E-state index in [-0.39, 0.29) is 6.54 Å². The number of nitrogens with one attached hydrogen (secondary N) is 3. The zero-order valence-electron chi connectivity index (χ0n) is 12.5. The lowest BCUT2D eigenvalue weighted by atomic mass is 10.1. The van der Waals surface area contributed by atoms with Gasteiger partial charge in [-0.2, -0.15) is 10.2 Å². The van der Waals surface area contributed by atoms with E-state index < -0.39 is 12.1 Å². The molecular formula is C14H18N6O2. The minimum atomic E-state index is -0.591. The molecule has 22 heavy (non-hydrogen) atoms. The molecular weight excluding hydrogens is 284 g/mol. The van der Waals surface area contributed by atoms with Crippen LogP contribution in [0.4, 0.5) is 9.59 Å². The Morgan fingerprint density at radius 2 is 2.14 bits per heavy atom. The fourth-order valence-corrected chi connectivity index (χ4v) is 1.87. The van der Waals surface area contributed by atoms with Crippen molar-refractivity contribution in [2.45, 2.75) is 20.3 Å². The summed E-state index contributed by atoms with van der Waals surface area (Å²) in [5, 5.41) is 8.99. The fraction of sp³-hybridized carbons (Fsp3) is 0.286. The lowest BCUT2D eigenvalue weighted by Crippen LogP contribution is -2.56. The van der Waals surface area contributed by atoms with Crippen LogP contribution in [0.25, 0.3) is 0 Å². The topological polar surface area (TPSA) is 98.2 Å². The molecule has 2 rings (SSSR count). The largest absolute Gasteiger partial charge is 0.356 e. The molecule has 116 valence electrons. The van der Waals surface area contributed by atoms with E-state index >= 15 is 0 Å². The summed E-state index contributed by atoms with van der Waals surface area (Å²) in [6.07, 6.45) is 0.667. The summed E-state index contributed by atoms with van der Waals surface area (Å²) in [6.45, 7) is 3.92. The van der Waals surface area contributed by atoms with Crippen molar-refractivity contribution in [1.29, 1.82) is 0 Å². The second-order valence-corrected chi connectivity index (χ2v) is 4.68. The summed E-state index contributed by atoms with van der Waals surface area (Å²) >= 11 is 0. The lowest BCUT2D eigenvalue weighted by Gasteiger charge is -2.25. The van der Waals surface area contributed by atoms with Gasteiger partial charge in [-0.05, 0) is 18.9 Å². The van der Waals surface area contributed by atoms with Crippen LogP contribution in [-0.4, -0.2) is 35.0 Å². The summed E-state index contributed by atoms with van der Waals surface area (Å²) < 4.78 is 0. The monoisotopic (exact) mass is 302 g/mol. The van der Waals surface area contributed by atoms with E-state index in [4.69, 9.17) is 0 Å². The normalized spacial score (nSPS) is 15.0. The zero-order valence-corrected chi connectivity index (χ0v) is 12.5. The Morgan fingerprint density at radius 1 is 1.41 bits per heavy atom. The first-order valence-electron chi connectivity index (χ1n) is 6.89. The van der Waals surface area contributed by atoms with Gasteiger partial charge in [0, 0.05) is 0 Å². The minimum Gasteiger partial charge on any atom is -0.245 e. The maximum Gasteiger partial charge on any atom is 0.356 e. The molecule has 8 nitrogen and oxygen atoms in total. The summed E-state index contributed by atoms with van der Waals surface area (Å²) in [4.78, 5) is 23.3. The molecule has 1 aliphatic heterocycles. The number of carbonyl (C=O) groups excluding carboxylic acids is 2. The molecule has 1 aliphatic rings. The van der Waals surface area contributed by atoms with E-state index in [1.54, 1.807) is 6.92 Å². The van der Waals surface area contributed by atoms with Crippen molar-refractivity contribution in [2.24, 2.45) is 10.2 Å². The number of amides is 4. The van der Waals surface area contributed by atoms with E-state index in [0.29, 0.717) is 12.1 Å². The predicted molar refractivity (Wildman–Crippen MR) is 83.3 cm³/mol. The number of hydrogen-bond donors (Lipinski definition) is 3. The molecule has 0 unspecified atom stereocenters. The summed E-state index contributed by atoms with van der Waals surface area (Å²) in [6, 6.07) is 8.46. The molecule has 0 aromatic heterocycles. The highest BCUT2D eigenvalue weighted by atomic mass is 16.2. The van der Waals surface area contributed by atoms with Crippen LogP contribution in [0.15, 0.2) is 40.5 Å². The van der Waals surface area contributed by atoms with Crippen LogP contribution in [0.1, 0.15) is 25.8 Å². The molecule has 8 heteroatoms. The molecule has 0 spiro atoms. The molecule has 3 N–H and O–H groups in total. The van der Waals surface area contributed by atoms with Crippen LogP contribution in [0, 0.1) is 0 Å². The predicted octanol–water partition coefficient (Wildman–Crippen LogP) is 1.42. The number of rotatable bonds is 4. The number of hydrogen-bond acceptors (Lipinski definition) is 4. The van der Waals surface area contributed by atoms with Gasteiger partial charge in [-0.3, -0.25) is 0 Å². The Balaban J connectivity index is 1.95. The van der Waals surface area contributed by atoms with E-state index in [1.807, 2.05) is 37.3 Å². The van der Waals surface area contributed by atoms with Gasteiger partial charge < -0.3 is 0 Å². The van der Waals surface area contributed by atoms with Crippen molar-refractivity contribution in [2.75, 3.05) is 6.54 Å². The number of benzene rings is 1. The summed E-state index contributed by atoms with van der Waals surface area (Å²) in [5.74, 6) is 0. The SMILES string of the molecule is CC/C(=N\NC(=O)NN1CC(C)=NNC1=O)c1ccccc1. The smallest absolute Gasteiger partial charge is 0.245 e. The third-order valence-electron chi connectivity index (χ3n) is 2.95. The van der Waals surface area contributed by atoms with Crippen molar-refractivity contribution in [1.82, 2.24) is 21.3 Å². The molecule has 0 aliphatic carbocycles. The Bertz CT molecular complexity index is 611. The van der Waals surface area contributed by atoms with Gasteiger partial charge in [-0.1, -0.05) is 37.3 Å². The first-order chi connectivity index (χ1) is 10.6. The Morgan fingerprint density at radius 3 is 2.82 bits per heavy atom. The van der Waals surface area contributed by atoms with Crippen LogP contribution in [0.2, 0.25) is 0 Å². The van der Waals surface area contributed by atoms with Gasteiger partial charge in [0.05, 0.1) is 18.0 Å². The van der Waals surface area contributed by atoms with Gasteiger partial charge in [-0.25, -0.2) is 30.9 Å². The van der Waals surface area contributed by atoms with E-state index in [1.165, 1.54) is 0 Å². The van der Waals surface area contributed by atoms with Gasteiger partial charge in [-0.15, -0.1) is 0 Å². The molecule has 1 aromatic carbocycles. The maximum absolute atomic E-state index is 11.8.